The zero-order valence-electron chi connectivity index (χ0n) is 10.4. The molecule has 1 rings (SSSR count). The van der Waals surface area contributed by atoms with Crippen LogP contribution in [0.15, 0.2) is 24.3 Å². The van der Waals surface area contributed by atoms with Crippen LogP contribution >= 0.6 is 0 Å². The molecule has 0 bridgehead atoms. The second-order valence-corrected chi connectivity index (χ2v) is 3.93. The Kier molecular flexibility index (Phi) is 5.49. The van der Waals surface area contributed by atoms with Crippen LogP contribution in [0.25, 0.3) is 0 Å². The van der Waals surface area contributed by atoms with Gasteiger partial charge in [0.15, 0.2) is 0 Å². The fourth-order valence-corrected chi connectivity index (χ4v) is 1.36. The summed E-state index contributed by atoms with van der Waals surface area (Å²) in [6.07, 6.45) is 0.985. The molecule has 0 aromatic heterocycles. The summed E-state index contributed by atoms with van der Waals surface area (Å²) in [7, 11) is 0. The first-order chi connectivity index (χ1) is 8.13. The molecule has 1 aromatic carbocycles. The van der Waals surface area contributed by atoms with E-state index < -0.39 is 6.04 Å². The number of hydrogen-bond acceptors (Lipinski definition) is 3. The largest absolute Gasteiger partial charge is 0.492 e. The topological polar surface area (TPSA) is 64.3 Å². The highest BCUT2D eigenvalue weighted by Gasteiger charge is 2.05. The van der Waals surface area contributed by atoms with Gasteiger partial charge in [-0.3, -0.25) is 4.79 Å². The number of rotatable bonds is 6. The van der Waals surface area contributed by atoms with E-state index in [1.807, 2.05) is 18.2 Å². The lowest BCUT2D eigenvalue weighted by molar-refractivity contribution is -0.122. The number of carbonyl (C=O) groups excluding carboxylic acids is 1. The SMILES string of the molecule is CCc1cccc(OCCNC(=O)C(C)N)c1. The molecule has 3 N–H and O–H groups in total. The lowest BCUT2D eigenvalue weighted by Gasteiger charge is -2.09. The maximum absolute atomic E-state index is 11.2. The Hall–Kier alpha value is -1.55. The second kappa shape index (κ2) is 6.91. The number of hydrogen-bond donors (Lipinski definition) is 2. The highest BCUT2D eigenvalue weighted by Crippen LogP contribution is 2.13. The van der Waals surface area contributed by atoms with Gasteiger partial charge in [0.2, 0.25) is 5.91 Å². The van der Waals surface area contributed by atoms with E-state index >= 15 is 0 Å². The number of aryl methyl sites for hydroxylation is 1. The summed E-state index contributed by atoms with van der Waals surface area (Å²) in [5, 5.41) is 2.69. The average Bonchev–Trinajstić information content (AvgIpc) is 2.34. The third kappa shape index (κ3) is 4.87. The Morgan fingerprint density at radius 2 is 2.29 bits per heavy atom. The van der Waals surface area contributed by atoms with Crippen LogP contribution in [0.3, 0.4) is 0 Å². The molecule has 1 aromatic rings. The predicted molar refractivity (Wildman–Crippen MR) is 68.0 cm³/mol. The molecule has 17 heavy (non-hydrogen) atoms. The molecular formula is C13H20N2O2. The molecule has 1 unspecified atom stereocenters. The van der Waals surface area contributed by atoms with Crippen molar-refractivity contribution in [3.8, 4) is 5.75 Å². The second-order valence-electron chi connectivity index (χ2n) is 3.93. The van der Waals surface area contributed by atoms with Crippen molar-refractivity contribution in [1.29, 1.82) is 0 Å². The normalized spacial score (nSPS) is 11.9. The van der Waals surface area contributed by atoms with Crippen molar-refractivity contribution in [2.75, 3.05) is 13.2 Å². The summed E-state index contributed by atoms with van der Waals surface area (Å²) in [6.45, 7) is 4.67. The maximum Gasteiger partial charge on any atom is 0.236 e. The summed E-state index contributed by atoms with van der Waals surface area (Å²) >= 11 is 0. The highest BCUT2D eigenvalue weighted by atomic mass is 16.5. The first-order valence-corrected chi connectivity index (χ1v) is 5.88. The van der Waals surface area contributed by atoms with Crippen LogP contribution < -0.4 is 15.8 Å². The van der Waals surface area contributed by atoms with Gasteiger partial charge in [-0.25, -0.2) is 0 Å². The van der Waals surface area contributed by atoms with Crippen molar-refractivity contribution >= 4 is 5.91 Å². The molecule has 1 amide bonds. The Morgan fingerprint density at radius 1 is 1.53 bits per heavy atom. The molecule has 0 aliphatic heterocycles. The van der Waals surface area contributed by atoms with E-state index in [0.717, 1.165) is 12.2 Å². The van der Waals surface area contributed by atoms with Crippen LogP contribution in [0.1, 0.15) is 19.4 Å². The Balaban J connectivity index is 2.28. The quantitative estimate of drug-likeness (QED) is 0.727. The number of carbonyl (C=O) groups is 1. The Morgan fingerprint density at radius 3 is 2.94 bits per heavy atom. The van der Waals surface area contributed by atoms with Crippen LogP contribution in [0, 0.1) is 0 Å². The van der Waals surface area contributed by atoms with Gasteiger partial charge >= 0.3 is 0 Å². The number of ether oxygens (including phenoxy) is 1. The molecule has 0 aliphatic rings. The standard InChI is InChI=1S/C13H20N2O2/c1-3-11-5-4-6-12(9-11)17-8-7-15-13(16)10(2)14/h4-6,9-10H,3,7-8,14H2,1-2H3,(H,15,16). The fraction of sp³-hybridized carbons (Fsp3) is 0.462. The minimum Gasteiger partial charge on any atom is -0.492 e. The van der Waals surface area contributed by atoms with E-state index in [1.54, 1.807) is 6.92 Å². The minimum absolute atomic E-state index is 0.157. The lowest BCUT2D eigenvalue weighted by Crippen LogP contribution is -2.40. The summed E-state index contributed by atoms with van der Waals surface area (Å²) in [4.78, 5) is 11.2. The molecular weight excluding hydrogens is 216 g/mol. The summed E-state index contributed by atoms with van der Waals surface area (Å²) in [5.74, 6) is 0.676. The number of nitrogens with two attached hydrogens (primary N) is 1. The molecule has 94 valence electrons. The van der Waals surface area contributed by atoms with Crippen molar-refractivity contribution < 1.29 is 9.53 Å². The summed E-state index contributed by atoms with van der Waals surface area (Å²) < 4.78 is 5.52. The smallest absolute Gasteiger partial charge is 0.236 e. The average molecular weight is 236 g/mol. The van der Waals surface area contributed by atoms with E-state index in [9.17, 15) is 4.79 Å². The Labute approximate surface area is 102 Å². The fourth-order valence-electron chi connectivity index (χ4n) is 1.36. The number of nitrogens with one attached hydrogen (secondary N) is 1. The molecule has 0 radical (unpaired) electrons. The van der Waals surface area contributed by atoms with Crippen molar-refractivity contribution in [3.63, 3.8) is 0 Å². The summed E-state index contributed by atoms with van der Waals surface area (Å²) in [5.41, 5.74) is 6.65. The zero-order valence-corrected chi connectivity index (χ0v) is 10.4. The van der Waals surface area contributed by atoms with Gasteiger partial charge in [-0.1, -0.05) is 19.1 Å². The first kappa shape index (κ1) is 13.5. The van der Waals surface area contributed by atoms with Gasteiger partial charge in [0, 0.05) is 0 Å². The number of amides is 1. The van der Waals surface area contributed by atoms with Crippen LogP contribution in [-0.2, 0) is 11.2 Å². The van der Waals surface area contributed by atoms with E-state index in [0.29, 0.717) is 13.2 Å². The van der Waals surface area contributed by atoms with Gasteiger partial charge in [-0.2, -0.15) is 0 Å². The van der Waals surface area contributed by atoms with Crippen molar-refractivity contribution in [3.05, 3.63) is 29.8 Å². The van der Waals surface area contributed by atoms with E-state index in [1.165, 1.54) is 5.56 Å². The van der Waals surface area contributed by atoms with E-state index in [2.05, 4.69) is 18.3 Å². The lowest BCUT2D eigenvalue weighted by atomic mass is 10.2. The van der Waals surface area contributed by atoms with Gasteiger partial charge in [0.05, 0.1) is 12.6 Å². The van der Waals surface area contributed by atoms with Crippen LogP contribution in [0.5, 0.6) is 5.75 Å². The highest BCUT2D eigenvalue weighted by molar-refractivity contribution is 5.80. The van der Waals surface area contributed by atoms with Crippen molar-refractivity contribution in [2.45, 2.75) is 26.3 Å². The molecule has 4 heteroatoms. The van der Waals surface area contributed by atoms with Gasteiger partial charge in [-0.15, -0.1) is 0 Å². The minimum atomic E-state index is -0.474. The van der Waals surface area contributed by atoms with Crippen LogP contribution in [0.4, 0.5) is 0 Å². The predicted octanol–water partition coefficient (Wildman–Crippen LogP) is 1.09. The molecule has 0 saturated heterocycles. The van der Waals surface area contributed by atoms with Gasteiger partial charge < -0.3 is 15.8 Å². The molecule has 4 nitrogen and oxygen atoms in total. The molecule has 0 aliphatic carbocycles. The summed E-state index contributed by atoms with van der Waals surface area (Å²) in [6, 6.07) is 7.47. The third-order valence-electron chi connectivity index (χ3n) is 2.39. The zero-order chi connectivity index (χ0) is 12.7. The molecule has 1 atom stereocenters. The molecule has 0 spiro atoms. The van der Waals surface area contributed by atoms with Crippen LogP contribution in [0.2, 0.25) is 0 Å². The van der Waals surface area contributed by atoms with Crippen LogP contribution in [-0.4, -0.2) is 25.1 Å². The maximum atomic E-state index is 11.2. The third-order valence-corrected chi connectivity index (χ3v) is 2.39. The molecule has 0 saturated carbocycles. The Bertz CT molecular complexity index is 364. The van der Waals surface area contributed by atoms with Crippen molar-refractivity contribution in [2.24, 2.45) is 5.73 Å². The molecule has 0 fully saturated rings. The first-order valence-electron chi connectivity index (χ1n) is 5.88. The van der Waals surface area contributed by atoms with E-state index in [-0.39, 0.29) is 5.91 Å². The number of benzene rings is 1. The van der Waals surface area contributed by atoms with Gasteiger partial charge in [0.1, 0.15) is 12.4 Å². The molecule has 0 heterocycles. The van der Waals surface area contributed by atoms with E-state index in [4.69, 9.17) is 10.5 Å². The monoisotopic (exact) mass is 236 g/mol. The van der Waals surface area contributed by atoms with Gasteiger partial charge in [-0.05, 0) is 31.0 Å². The van der Waals surface area contributed by atoms with Crippen molar-refractivity contribution in [1.82, 2.24) is 5.32 Å². The van der Waals surface area contributed by atoms with Gasteiger partial charge in [0.25, 0.3) is 0 Å².